The van der Waals surface area contributed by atoms with Crippen molar-refractivity contribution < 1.29 is 9.53 Å². The zero-order valence-corrected chi connectivity index (χ0v) is 7.49. The van der Waals surface area contributed by atoms with Crippen molar-refractivity contribution in [1.82, 2.24) is 4.98 Å². The molecule has 68 valence electrons. The average molecular weight is 177 g/mol. The Morgan fingerprint density at radius 1 is 1.62 bits per heavy atom. The number of rotatable bonds is 3. The van der Waals surface area contributed by atoms with E-state index < -0.39 is 0 Å². The largest absolute Gasteiger partial charge is 0.488 e. The van der Waals surface area contributed by atoms with E-state index >= 15 is 0 Å². The number of hydrogen-bond acceptors (Lipinski definition) is 3. The Kier molecular flexibility index (Phi) is 2.00. The number of pyridine rings is 1. The van der Waals surface area contributed by atoms with Crippen molar-refractivity contribution >= 4 is 6.29 Å². The van der Waals surface area contributed by atoms with Gasteiger partial charge in [-0.1, -0.05) is 0 Å². The fourth-order valence-electron chi connectivity index (χ4n) is 1.12. The number of carbonyl (C=O) groups is 1. The molecule has 2 rings (SSSR count). The van der Waals surface area contributed by atoms with Crippen LogP contribution in [0.5, 0.6) is 5.75 Å². The molecule has 3 nitrogen and oxygen atoms in total. The molecule has 1 saturated carbocycles. The summed E-state index contributed by atoms with van der Waals surface area (Å²) in [4.78, 5) is 14.8. The number of hydrogen-bond donors (Lipinski definition) is 0. The van der Waals surface area contributed by atoms with Crippen molar-refractivity contribution in [3.8, 4) is 5.75 Å². The molecule has 0 unspecified atom stereocenters. The van der Waals surface area contributed by atoms with Crippen LogP contribution >= 0.6 is 0 Å². The summed E-state index contributed by atoms with van der Waals surface area (Å²) in [5.41, 5.74) is 1.43. The molecular weight excluding hydrogens is 166 g/mol. The minimum Gasteiger partial charge on any atom is -0.488 e. The van der Waals surface area contributed by atoms with E-state index in [2.05, 4.69) is 4.98 Å². The molecule has 0 bridgehead atoms. The first kappa shape index (κ1) is 8.23. The van der Waals surface area contributed by atoms with E-state index in [0.717, 1.165) is 24.8 Å². The number of ether oxygens (including phenoxy) is 1. The summed E-state index contributed by atoms with van der Waals surface area (Å²) in [7, 11) is 0. The van der Waals surface area contributed by atoms with Crippen molar-refractivity contribution in [1.29, 1.82) is 0 Å². The molecule has 0 amide bonds. The maximum Gasteiger partial charge on any atom is 0.153 e. The number of aryl methyl sites for hydroxylation is 1. The van der Waals surface area contributed by atoms with Gasteiger partial charge in [-0.3, -0.25) is 9.78 Å². The number of aromatic nitrogens is 1. The highest BCUT2D eigenvalue weighted by molar-refractivity contribution is 5.79. The summed E-state index contributed by atoms with van der Waals surface area (Å²) < 4.78 is 5.51. The molecule has 1 aromatic heterocycles. The molecule has 1 heterocycles. The predicted octanol–water partition coefficient (Wildman–Crippen LogP) is 1.74. The van der Waals surface area contributed by atoms with Crippen molar-refractivity contribution in [2.24, 2.45) is 0 Å². The molecule has 0 aromatic carbocycles. The van der Waals surface area contributed by atoms with Crippen molar-refractivity contribution in [2.75, 3.05) is 0 Å². The standard InChI is InChI=1S/C10H11NO2/c1-7-4-8(6-12)10(5-11-7)13-9-2-3-9/h4-6,9H,2-3H2,1H3. The van der Waals surface area contributed by atoms with Gasteiger partial charge in [0.1, 0.15) is 5.75 Å². The Morgan fingerprint density at radius 2 is 2.38 bits per heavy atom. The molecule has 13 heavy (non-hydrogen) atoms. The average Bonchev–Trinajstić information content (AvgIpc) is 2.92. The van der Waals surface area contributed by atoms with Crippen LogP contribution in [0.1, 0.15) is 28.9 Å². The Morgan fingerprint density at radius 3 is 3.00 bits per heavy atom. The molecule has 1 aliphatic carbocycles. The lowest BCUT2D eigenvalue weighted by Gasteiger charge is -2.06. The predicted molar refractivity (Wildman–Crippen MR) is 48.0 cm³/mol. The van der Waals surface area contributed by atoms with Crippen LogP contribution < -0.4 is 4.74 Å². The van der Waals surface area contributed by atoms with E-state index in [1.807, 2.05) is 6.92 Å². The fourth-order valence-corrected chi connectivity index (χ4v) is 1.12. The van der Waals surface area contributed by atoms with E-state index in [1.54, 1.807) is 12.3 Å². The molecule has 0 saturated heterocycles. The number of aldehydes is 1. The van der Waals surface area contributed by atoms with Gasteiger partial charge < -0.3 is 4.74 Å². The third-order valence-electron chi connectivity index (χ3n) is 1.98. The van der Waals surface area contributed by atoms with Crippen LogP contribution in [-0.2, 0) is 0 Å². The van der Waals surface area contributed by atoms with Gasteiger partial charge in [0, 0.05) is 5.69 Å². The highest BCUT2D eigenvalue weighted by Gasteiger charge is 2.24. The van der Waals surface area contributed by atoms with E-state index in [0.29, 0.717) is 17.4 Å². The third kappa shape index (κ3) is 1.86. The first-order valence-electron chi connectivity index (χ1n) is 4.38. The third-order valence-corrected chi connectivity index (χ3v) is 1.98. The summed E-state index contributed by atoms with van der Waals surface area (Å²) in [5, 5.41) is 0. The normalized spacial score (nSPS) is 15.5. The van der Waals surface area contributed by atoms with Crippen molar-refractivity contribution in [2.45, 2.75) is 25.9 Å². The molecule has 0 radical (unpaired) electrons. The Bertz CT molecular complexity index is 332. The molecule has 1 aliphatic rings. The zero-order chi connectivity index (χ0) is 9.26. The zero-order valence-electron chi connectivity index (χ0n) is 7.49. The fraction of sp³-hybridized carbons (Fsp3) is 0.400. The molecular formula is C10H11NO2. The lowest BCUT2D eigenvalue weighted by Crippen LogP contribution is -2.00. The van der Waals surface area contributed by atoms with Crippen LogP contribution in [0.15, 0.2) is 12.3 Å². The van der Waals surface area contributed by atoms with Crippen LogP contribution in [-0.4, -0.2) is 17.4 Å². The topological polar surface area (TPSA) is 39.2 Å². The van der Waals surface area contributed by atoms with Crippen molar-refractivity contribution in [3.05, 3.63) is 23.5 Å². The minimum atomic E-state index is 0.309. The highest BCUT2D eigenvalue weighted by atomic mass is 16.5. The maximum absolute atomic E-state index is 10.7. The lowest BCUT2D eigenvalue weighted by atomic mass is 10.2. The summed E-state index contributed by atoms with van der Waals surface area (Å²) >= 11 is 0. The highest BCUT2D eigenvalue weighted by Crippen LogP contribution is 2.28. The smallest absolute Gasteiger partial charge is 0.153 e. The van der Waals surface area contributed by atoms with E-state index in [1.165, 1.54) is 0 Å². The second-order valence-electron chi connectivity index (χ2n) is 3.30. The molecule has 0 N–H and O–H groups in total. The molecule has 1 fully saturated rings. The van der Waals surface area contributed by atoms with Crippen molar-refractivity contribution in [3.63, 3.8) is 0 Å². The summed E-state index contributed by atoms with van der Waals surface area (Å²) in [5.74, 6) is 0.614. The van der Waals surface area contributed by atoms with Gasteiger partial charge in [0.2, 0.25) is 0 Å². The molecule has 3 heteroatoms. The molecule has 0 aliphatic heterocycles. The SMILES string of the molecule is Cc1cc(C=O)c(OC2CC2)cn1. The van der Waals surface area contributed by atoms with Gasteiger partial charge in [0.25, 0.3) is 0 Å². The van der Waals surface area contributed by atoms with Gasteiger partial charge in [0.15, 0.2) is 6.29 Å². The Balaban J connectivity index is 2.25. The molecule has 0 atom stereocenters. The second kappa shape index (κ2) is 3.17. The number of nitrogens with zero attached hydrogens (tertiary/aromatic N) is 1. The van der Waals surface area contributed by atoms with Gasteiger partial charge in [-0.05, 0) is 25.8 Å². The first-order valence-corrected chi connectivity index (χ1v) is 4.38. The quantitative estimate of drug-likeness (QED) is 0.660. The van der Waals surface area contributed by atoms with Crippen LogP contribution in [0.3, 0.4) is 0 Å². The number of carbonyl (C=O) groups excluding carboxylic acids is 1. The van der Waals surface area contributed by atoms with Gasteiger partial charge in [-0.2, -0.15) is 0 Å². The molecule has 0 spiro atoms. The summed E-state index contributed by atoms with van der Waals surface area (Å²) in [6.45, 7) is 1.86. The van der Waals surface area contributed by atoms with E-state index in [-0.39, 0.29) is 0 Å². The van der Waals surface area contributed by atoms with Crippen LogP contribution in [0.25, 0.3) is 0 Å². The van der Waals surface area contributed by atoms with E-state index in [4.69, 9.17) is 4.74 Å². The van der Waals surface area contributed by atoms with E-state index in [9.17, 15) is 4.79 Å². The summed E-state index contributed by atoms with van der Waals surface area (Å²) in [6.07, 6.45) is 4.92. The second-order valence-corrected chi connectivity index (χ2v) is 3.30. The van der Waals surface area contributed by atoms with Crippen LogP contribution in [0.2, 0.25) is 0 Å². The van der Waals surface area contributed by atoms with Gasteiger partial charge in [-0.25, -0.2) is 0 Å². The van der Waals surface area contributed by atoms with Gasteiger partial charge in [-0.15, -0.1) is 0 Å². The van der Waals surface area contributed by atoms with Crippen LogP contribution in [0.4, 0.5) is 0 Å². The minimum absolute atomic E-state index is 0.309. The summed E-state index contributed by atoms with van der Waals surface area (Å²) in [6, 6.07) is 1.74. The maximum atomic E-state index is 10.7. The first-order chi connectivity index (χ1) is 6.29. The Hall–Kier alpha value is -1.38. The monoisotopic (exact) mass is 177 g/mol. The van der Waals surface area contributed by atoms with Crippen LogP contribution in [0, 0.1) is 6.92 Å². The molecule has 1 aromatic rings. The van der Waals surface area contributed by atoms with Gasteiger partial charge >= 0.3 is 0 Å². The Labute approximate surface area is 76.7 Å². The lowest BCUT2D eigenvalue weighted by molar-refractivity contribution is 0.111. The van der Waals surface area contributed by atoms with Gasteiger partial charge in [0.05, 0.1) is 17.9 Å².